The average Bonchev–Trinajstić information content (AvgIpc) is 3.42. The van der Waals surface area contributed by atoms with Gasteiger partial charge >= 0.3 is 0 Å². The van der Waals surface area contributed by atoms with Gasteiger partial charge in [0.25, 0.3) is 5.91 Å². The number of likely N-dealkylation sites (N-methyl/N-ethyl adjacent to an activating group) is 1. The van der Waals surface area contributed by atoms with Gasteiger partial charge < -0.3 is 19.6 Å². The molecule has 1 aromatic heterocycles. The third kappa shape index (κ3) is 4.18. The Labute approximate surface area is 161 Å². The number of aliphatic hydroxyl groups is 1. The molecule has 0 radical (unpaired) electrons. The van der Waals surface area contributed by atoms with E-state index in [9.17, 15) is 9.90 Å². The maximum atomic E-state index is 12.9. The Balaban J connectivity index is 1.42. The summed E-state index contributed by atoms with van der Waals surface area (Å²) in [5.41, 5.74) is 1.16. The molecule has 0 unspecified atom stereocenters. The Hall–Kier alpha value is -1.50. The van der Waals surface area contributed by atoms with Crippen molar-refractivity contribution < 1.29 is 14.6 Å². The van der Waals surface area contributed by atoms with Crippen LogP contribution in [-0.2, 0) is 11.3 Å². The lowest BCUT2D eigenvalue weighted by atomic mass is 9.77. The van der Waals surface area contributed by atoms with E-state index in [2.05, 4.69) is 24.0 Å². The summed E-state index contributed by atoms with van der Waals surface area (Å²) < 4.78 is 6.31. The fourth-order valence-corrected chi connectivity index (χ4v) is 4.67. The minimum Gasteiger partial charge on any atom is -0.392 e. The molecule has 1 saturated heterocycles. The Morgan fingerprint density at radius 3 is 2.70 bits per heavy atom. The van der Waals surface area contributed by atoms with Crippen LogP contribution in [0.1, 0.15) is 41.7 Å². The molecule has 4 rings (SSSR count). The molecule has 2 heterocycles. The first-order chi connectivity index (χ1) is 13.0. The average molecular weight is 373 g/mol. The van der Waals surface area contributed by atoms with Crippen molar-refractivity contribution in [2.24, 2.45) is 17.8 Å². The third-order valence-electron chi connectivity index (χ3n) is 6.50. The van der Waals surface area contributed by atoms with Gasteiger partial charge in [-0.3, -0.25) is 9.78 Å². The van der Waals surface area contributed by atoms with E-state index in [1.807, 2.05) is 4.90 Å². The van der Waals surface area contributed by atoms with Crippen LogP contribution in [0.25, 0.3) is 0 Å². The van der Waals surface area contributed by atoms with E-state index in [4.69, 9.17) is 4.74 Å². The topological polar surface area (TPSA) is 65.9 Å². The number of carbonyl (C=O) groups excluding carboxylic acids is 1. The van der Waals surface area contributed by atoms with Crippen LogP contribution in [0, 0.1) is 17.8 Å². The molecular formula is C21H31N3O3. The van der Waals surface area contributed by atoms with E-state index in [1.165, 1.54) is 12.8 Å². The lowest BCUT2D eigenvalue weighted by Gasteiger charge is -2.41. The van der Waals surface area contributed by atoms with Crippen molar-refractivity contribution in [2.45, 2.75) is 44.4 Å². The molecule has 148 valence electrons. The van der Waals surface area contributed by atoms with Crippen molar-refractivity contribution >= 4 is 5.91 Å². The maximum absolute atomic E-state index is 12.9. The van der Waals surface area contributed by atoms with Crippen LogP contribution in [0.5, 0.6) is 0 Å². The molecular weight excluding hydrogens is 342 g/mol. The molecule has 4 atom stereocenters. The molecule has 3 aliphatic rings. The third-order valence-corrected chi connectivity index (χ3v) is 6.50. The highest BCUT2D eigenvalue weighted by atomic mass is 16.5. The number of carbonyl (C=O) groups is 1. The van der Waals surface area contributed by atoms with Crippen LogP contribution in [0.4, 0.5) is 0 Å². The van der Waals surface area contributed by atoms with Crippen molar-refractivity contribution in [3.63, 3.8) is 0 Å². The number of ether oxygens (including phenoxy) is 1. The lowest BCUT2D eigenvalue weighted by Crippen LogP contribution is -2.48. The number of hydrogen-bond donors (Lipinski definition) is 1. The number of pyridine rings is 1. The van der Waals surface area contributed by atoms with Crippen LogP contribution in [-0.4, -0.2) is 71.7 Å². The predicted octanol–water partition coefficient (Wildman–Crippen LogP) is 1.78. The van der Waals surface area contributed by atoms with Crippen LogP contribution in [0.15, 0.2) is 18.3 Å². The molecule has 1 N–H and O–H groups in total. The quantitative estimate of drug-likeness (QED) is 0.823. The zero-order valence-electron chi connectivity index (χ0n) is 16.4. The van der Waals surface area contributed by atoms with E-state index in [1.54, 1.807) is 18.3 Å². The summed E-state index contributed by atoms with van der Waals surface area (Å²) in [7, 11) is 4.28. The molecule has 6 nitrogen and oxygen atoms in total. The SMILES string of the molecule is CN(C)[C@@H]1C[C@@H]2CN(C(=O)c3cc(CO)ccn3)C[C@@H]2C[C@H]1OCC1CC1. The number of amides is 1. The summed E-state index contributed by atoms with van der Waals surface area (Å²) >= 11 is 0. The van der Waals surface area contributed by atoms with E-state index >= 15 is 0 Å². The molecule has 0 aromatic carbocycles. The Kier molecular flexibility index (Phi) is 5.48. The van der Waals surface area contributed by atoms with E-state index in [0.717, 1.165) is 44.0 Å². The number of hydrogen-bond acceptors (Lipinski definition) is 5. The summed E-state index contributed by atoms with van der Waals surface area (Å²) in [5.74, 6) is 1.80. The molecule has 1 aliphatic heterocycles. The smallest absolute Gasteiger partial charge is 0.272 e. The van der Waals surface area contributed by atoms with Crippen LogP contribution < -0.4 is 0 Å². The van der Waals surface area contributed by atoms with Gasteiger partial charge in [-0.05, 0) is 75.2 Å². The summed E-state index contributed by atoms with van der Waals surface area (Å²) in [6.07, 6.45) is 6.62. The number of aromatic nitrogens is 1. The fourth-order valence-electron chi connectivity index (χ4n) is 4.67. The van der Waals surface area contributed by atoms with Crippen LogP contribution in [0.2, 0.25) is 0 Å². The fraction of sp³-hybridized carbons (Fsp3) is 0.714. The van der Waals surface area contributed by atoms with Gasteiger partial charge in [0.1, 0.15) is 5.69 Å². The second kappa shape index (κ2) is 7.86. The van der Waals surface area contributed by atoms with Gasteiger partial charge in [-0.15, -0.1) is 0 Å². The standard InChI is InChI=1S/C21H31N3O3/c1-23(2)19-8-16-10-24(21(26)18-7-15(12-25)5-6-22-18)11-17(16)9-20(19)27-13-14-3-4-14/h5-7,14,16-17,19-20,25H,3-4,8-13H2,1-2H3/t16-,17+,19-,20-/m1/s1. The number of aliphatic hydroxyl groups excluding tert-OH is 1. The molecule has 1 aromatic rings. The minimum atomic E-state index is -0.0709. The molecule has 2 aliphatic carbocycles. The van der Waals surface area contributed by atoms with Gasteiger partial charge in [0.15, 0.2) is 0 Å². The highest BCUT2D eigenvalue weighted by Crippen LogP contribution is 2.40. The second-order valence-electron chi connectivity index (χ2n) is 8.76. The number of rotatable bonds is 6. The lowest BCUT2D eigenvalue weighted by molar-refractivity contribution is -0.0493. The first kappa shape index (κ1) is 18.8. The summed E-state index contributed by atoms with van der Waals surface area (Å²) in [4.78, 5) is 21.4. The van der Waals surface area contributed by atoms with Crippen molar-refractivity contribution in [1.29, 1.82) is 0 Å². The number of fused-ring (bicyclic) bond motifs is 1. The Bertz CT molecular complexity index is 676. The highest BCUT2D eigenvalue weighted by Gasteiger charge is 2.45. The first-order valence-corrected chi connectivity index (χ1v) is 10.2. The molecule has 0 bridgehead atoms. The van der Waals surface area contributed by atoms with Crippen molar-refractivity contribution in [2.75, 3.05) is 33.8 Å². The number of likely N-dealkylation sites (tertiary alicyclic amines) is 1. The van der Waals surface area contributed by atoms with E-state index < -0.39 is 0 Å². The van der Waals surface area contributed by atoms with Gasteiger partial charge in [-0.25, -0.2) is 0 Å². The van der Waals surface area contributed by atoms with Gasteiger partial charge in [-0.2, -0.15) is 0 Å². The highest BCUT2D eigenvalue weighted by molar-refractivity contribution is 5.92. The Morgan fingerprint density at radius 2 is 2.04 bits per heavy atom. The first-order valence-electron chi connectivity index (χ1n) is 10.2. The summed E-state index contributed by atoms with van der Waals surface area (Å²) in [6, 6.07) is 3.87. The zero-order chi connectivity index (χ0) is 19.0. The number of nitrogens with zero attached hydrogens (tertiary/aromatic N) is 3. The van der Waals surface area contributed by atoms with Gasteiger partial charge in [0.2, 0.25) is 0 Å². The largest absolute Gasteiger partial charge is 0.392 e. The monoisotopic (exact) mass is 373 g/mol. The maximum Gasteiger partial charge on any atom is 0.272 e. The zero-order valence-corrected chi connectivity index (χ0v) is 16.4. The summed E-state index contributed by atoms with van der Waals surface area (Å²) in [5, 5.41) is 9.31. The van der Waals surface area contributed by atoms with Gasteiger partial charge in [-0.1, -0.05) is 0 Å². The molecule has 1 amide bonds. The molecule has 0 spiro atoms. The van der Waals surface area contributed by atoms with E-state index in [0.29, 0.717) is 23.6 Å². The predicted molar refractivity (Wildman–Crippen MR) is 102 cm³/mol. The Morgan fingerprint density at radius 1 is 1.30 bits per heavy atom. The van der Waals surface area contributed by atoms with Crippen LogP contribution in [0.3, 0.4) is 0 Å². The molecule has 27 heavy (non-hydrogen) atoms. The normalized spacial score (nSPS) is 30.6. The van der Waals surface area contributed by atoms with Gasteiger partial charge in [0, 0.05) is 31.9 Å². The minimum absolute atomic E-state index is 0.0171. The molecule has 6 heteroatoms. The summed E-state index contributed by atoms with van der Waals surface area (Å²) in [6.45, 7) is 2.41. The van der Waals surface area contributed by atoms with E-state index in [-0.39, 0.29) is 18.6 Å². The van der Waals surface area contributed by atoms with Crippen molar-refractivity contribution in [1.82, 2.24) is 14.8 Å². The van der Waals surface area contributed by atoms with Gasteiger partial charge in [0.05, 0.1) is 12.7 Å². The second-order valence-corrected chi connectivity index (χ2v) is 8.76. The van der Waals surface area contributed by atoms with Crippen molar-refractivity contribution in [3.8, 4) is 0 Å². The van der Waals surface area contributed by atoms with Crippen molar-refractivity contribution in [3.05, 3.63) is 29.6 Å². The molecule has 3 fully saturated rings. The molecule has 2 saturated carbocycles. The van der Waals surface area contributed by atoms with Crippen LogP contribution >= 0.6 is 0 Å².